The molecular formula is C18H18N4O2S. The quantitative estimate of drug-likeness (QED) is 0.523. The summed E-state index contributed by atoms with van der Waals surface area (Å²) < 4.78 is 5.62. The molecule has 128 valence electrons. The first-order valence-electron chi connectivity index (χ1n) is 7.81. The van der Waals surface area contributed by atoms with Crippen molar-refractivity contribution in [2.24, 2.45) is 5.10 Å². The van der Waals surface area contributed by atoms with E-state index in [9.17, 15) is 4.79 Å². The second-order valence-electron chi connectivity index (χ2n) is 5.57. The lowest BCUT2D eigenvalue weighted by Gasteiger charge is -2.09. The van der Waals surface area contributed by atoms with Crippen molar-refractivity contribution in [3.63, 3.8) is 0 Å². The number of carbonyl (C=O) groups is 1. The standard InChI is InChI=1S/C18H18N4O2S/c1-12(2)24-14-7-5-13(6-8-14)16-10-17(21-20-16)18(23)22-19-11-15-4-3-9-25-15/h3-12H,1-2H3,(H,20,21)(H,22,23)/b19-11-. The summed E-state index contributed by atoms with van der Waals surface area (Å²) in [6.45, 7) is 3.96. The highest BCUT2D eigenvalue weighted by molar-refractivity contribution is 7.11. The maximum absolute atomic E-state index is 12.1. The lowest BCUT2D eigenvalue weighted by molar-refractivity contribution is 0.0950. The van der Waals surface area contributed by atoms with Crippen molar-refractivity contribution in [1.29, 1.82) is 0 Å². The fourth-order valence-corrected chi connectivity index (χ4v) is 2.73. The van der Waals surface area contributed by atoms with Crippen LogP contribution in [0.5, 0.6) is 5.75 Å². The van der Waals surface area contributed by atoms with Gasteiger partial charge in [0.25, 0.3) is 5.91 Å². The van der Waals surface area contributed by atoms with Gasteiger partial charge >= 0.3 is 0 Å². The van der Waals surface area contributed by atoms with Crippen LogP contribution in [0.1, 0.15) is 29.2 Å². The number of hydrogen-bond acceptors (Lipinski definition) is 5. The number of thiophene rings is 1. The Labute approximate surface area is 149 Å². The van der Waals surface area contributed by atoms with Crippen LogP contribution in [-0.2, 0) is 0 Å². The third kappa shape index (κ3) is 4.54. The molecule has 0 aliphatic rings. The summed E-state index contributed by atoms with van der Waals surface area (Å²) in [6.07, 6.45) is 1.73. The zero-order chi connectivity index (χ0) is 17.6. The summed E-state index contributed by atoms with van der Waals surface area (Å²) >= 11 is 1.55. The Morgan fingerprint density at radius 3 is 2.80 bits per heavy atom. The van der Waals surface area contributed by atoms with Gasteiger partial charge in [0, 0.05) is 10.4 Å². The molecule has 0 spiro atoms. The summed E-state index contributed by atoms with van der Waals surface area (Å²) in [5.41, 5.74) is 4.41. The van der Waals surface area contributed by atoms with Crippen molar-refractivity contribution in [2.75, 3.05) is 0 Å². The van der Waals surface area contributed by atoms with Gasteiger partial charge < -0.3 is 4.74 Å². The number of nitrogens with one attached hydrogen (secondary N) is 2. The van der Waals surface area contributed by atoms with Crippen LogP contribution in [0, 0.1) is 0 Å². The highest BCUT2D eigenvalue weighted by Crippen LogP contribution is 2.22. The molecule has 0 fully saturated rings. The maximum Gasteiger partial charge on any atom is 0.289 e. The molecule has 3 aromatic rings. The van der Waals surface area contributed by atoms with Crippen molar-refractivity contribution in [3.05, 3.63) is 58.4 Å². The summed E-state index contributed by atoms with van der Waals surface area (Å²) in [5, 5.41) is 12.8. The van der Waals surface area contributed by atoms with E-state index in [0.29, 0.717) is 11.4 Å². The number of benzene rings is 1. The fourth-order valence-electron chi connectivity index (χ4n) is 2.14. The predicted molar refractivity (Wildman–Crippen MR) is 99.2 cm³/mol. The van der Waals surface area contributed by atoms with Crippen LogP contribution in [0.25, 0.3) is 11.3 Å². The van der Waals surface area contributed by atoms with Gasteiger partial charge in [-0.2, -0.15) is 10.2 Å². The lowest BCUT2D eigenvalue weighted by Crippen LogP contribution is -2.17. The van der Waals surface area contributed by atoms with Crippen molar-refractivity contribution in [2.45, 2.75) is 20.0 Å². The van der Waals surface area contributed by atoms with E-state index in [1.54, 1.807) is 23.6 Å². The lowest BCUT2D eigenvalue weighted by atomic mass is 10.1. The van der Waals surface area contributed by atoms with Crippen LogP contribution in [0.15, 0.2) is 52.9 Å². The van der Waals surface area contributed by atoms with E-state index in [1.807, 2.05) is 55.6 Å². The Bertz CT molecular complexity index is 852. The van der Waals surface area contributed by atoms with Crippen molar-refractivity contribution >= 4 is 23.5 Å². The highest BCUT2D eigenvalue weighted by atomic mass is 32.1. The molecule has 0 aliphatic heterocycles. The van der Waals surface area contributed by atoms with Crippen LogP contribution in [0.2, 0.25) is 0 Å². The molecule has 0 unspecified atom stereocenters. The van der Waals surface area contributed by atoms with Crippen LogP contribution in [0.4, 0.5) is 0 Å². The van der Waals surface area contributed by atoms with Gasteiger partial charge in [-0.15, -0.1) is 11.3 Å². The molecule has 7 heteroatoms. The Morgan fingerprint density at radius 1 is 1.32 bits per heavy atom. The molecule has 1 amide bonds. The molecule has 0 aliphatic carbocycles. The molecule has 2 heterocycles. The minimum absolute atomic E-state index is 0.126. The van der Waals surface area contributed by atoms with E-state index in [2.05, 4.69) is 20.7 Å². The SMILES string of the molecule is CC(C)Oc1ccc(-c2cc(C(=O)N/N=C\c3cccs3)[nH]n2)cc1. The number of ether oxygens (including phenoxy) is 1. The first-order chi connectivity index (χ1) is 12.1. The largest absolute Gasteiger partial charge is 0.491 e. The van der Waals surface area contributed by atoms with E-state index in [1.165, 1.54) is 0 Å². The van der Waals surface area contributed by atoms with Gasteiger partial charge in [-0.3, -0.25) is 9.89 Å². The first-order valence-corrected chi connectivity index (χ1v) is 8.69. The minimum atomic E-state index is -0.341. The Kier molecular flexibility index (Phi) is 5.25. The van der Waals surface area contributed by atoms with Gasteiger partial charge in [0.15, 0.2) is 0 Å². The maximum atomic E-state index is 12.1. The van der Waals surface area contributed by atoms with Gasteiger partial charge in [-0.25, -0.2) is 5.43 Å². The molecule has 0 atom stereocenters. The van der Waals surface area contributed by atoms with E-state index in [0.717, 1.165) is 16.2 Å². The topological polar surface area (TPSA) is 79.4 Å². The number of nitrogens with zero attached hydrogens (tertiary/aromatic N) is 2. The number of carbonyl (C=O) groups excluding carboxylic acids is 1. The van der Waals surface area contributed by atoms with Crippen molar-refractivity contribution in [1.82, 2.24) is 15.6 Å². The third-order valence-electron chi connectivity index (χ3n) is 3.25. The third-order valence-corrected chi connectivity index (χ3v) is 4.05. The fraction of sp³-hybridized carbons (Fsp3) is 0.167. The predicted octanol–water partition coefficient (Wildman–Crippen LogP) is 3.69. The zero-order valence-electron chi connectivity index (χ0n) is 13.9. The van der Waals surface area contributed by atoms with E-state index in [-0.39, 0.29) is 12.0 Å². The van der Waals surface area contributed by atoms with Gasteiger partial charge in [0.2, 0.25) is 0 Å². The smallest absolute Gasteiger partial charge is 0.289 e. The number of aromatic nitrogens is 2. The number of rotatable bonds is 6. The molecule has 6 nitrogen and oxygen atoms in total. The molecule has 0 radical (unpaired) electrons. The Morgan fingerprint density at radius 2 is 2.12 bits per heavy atom. The van der Waals surface area contributed by atoms with Crippen molar-refractivity contribution < 1.29 is 9.53 Å². The van der Waals surface area contributed by atoms with Crippen LogP contribution in [-0.4, -0.2) is 28.4 Å². The molecule has 0 saturated carbocycles. The first kappa shape index (κ1) is 16.9. The molecule has 3 rings (SSSR count). The molecule has 1 aromatic carbocycles. The summed E-state index contributed by atoms with van der Waals surface area (Å²) in [5.74, 6) is 0.460. The molecule has 25 heavy (non-hydrogen) atoms. The average molecular weight is 354 g/mol. The number of aromatic amines is 1. The van der Waals surface area contributed by atoms with Crippen LogP contribution in [0.3, 0.4) is 0 Å². The molecule has 0 saturated heterocycles. The van der Waals surface area contributed by atoms with Gasteiger partial charge in [-0.05, 0) is 55.6 Å². The molecular weight excluding hydrogens is 336 g/mol. The van der Waals surface area contributed by atoms with Gasteiger partial charge in [0.1, 0.15) is 11.4 Å². The van der Waals surface area contributed by atoms with E-state index < -0.39 is 0 Å². The van der Waals surface area contributed by atoms with E-state index >= 15 is 0 Å². The Balaban J connectivity index is 1.64. The summed E-state index contributed by atoms with van der Waals surface area (Å²) in [7, 11) is 0. The number of hydrazone groups is 1. The normalized spacial score (nSPS) is 11.2. The second-order valence-corrected chi connectivity index (χ2v) is 6.55. The molecule has 0 bridgehead atoms. The number of hydrogen-bond donors (Lipinski definition) is 2. The number of amides is 1. The average Bonchev–Trinajstić information content (AvgIpc) is 3.26. The van der Waals surface area contributed by atoms with Gasteiger partial charge in [0.05, 0.1) is 18.0 Å². The second kappa shape index (κ2) is 7.76. The Hall–Kier alpha value is -2.93. The summed E-state index contributed by atoms with van der Waals surface area (Å²) in [6, 6.07) is 13.1. The molecule has 2 N–H and O–H groups in total. The summed E-state index contributed by atoms with van der Waals surface area (Å²) in [4.78, 5) is 13.0. The molecule has 2 aromatic heterocycles. The van der Waals surface area contributed by atoms with Crippen molar-refractivity contribution in [3.8, 4) is 17.0 Å². The highest BCUT2D eigenvalue weighted by Gasteiger charge is 2.10. The van der Waals surface area contributed by atoms with Crippen LogP contribution >= 0.6 is 11.3 Å². The minimum Gasteiger partial charge on any atom is -0.491 e. The van der Waals surface area contributed by atoms with Gasteiger partial charge in [-0.1, -0.05) is 6.07 Å². The number of H-pyrrole nitrogens is 1. The van der Waals surface area contributed by atoms with E-state index in [4.69, 9.17) is 4.74 Å². The monoisotopic (exact) mass is 354 g/mol. The zero-order valence-corrected chi connectivity index (χ0v) is 14.7. The van der Waals surface area contributed by atoms with Crippen LogP contribution < -0.4 is 10.2 Å².